The highest BCUT2D eigenvalue weighted by Gasteiger charge is 2.03. The third-order valence-corrected chi connectivity index (χ3v) is 3.16. The van der Waals surface area contributed by atoms with Crippen molar-refractivity contribution in [1.29, 1.82) is 0 Å². The predicted molar refractivity (Wildman–Crippen MR) is 82.1 cm³/mol. The standard InChI is InChI=1S/C16H24N2O2/c1-13(19)14-8-10-15(11-9-14)18-16(20)7-5-3-4-6-12-17-2/h8-11,17H,3-7,12H2,1-2H3,(H,18,20). The Bertz CT molecular complexity index is 427. The summed E-state index contributed by atoms with van der Waals surface area (Å²) in [4.78, 5) is 22.9. The zero-order valence-electron chi connectivity index (χ0n) is 12.4. The predicted octanol–water partition coefficient (Wildman–Crippen LogP) is 3.00. The van der Waals surface area contributed by atoms with Crippen molar-refractivity contribution in [2.75, 3.05) is 18.9 Å². The molecule has 0 saturated carbocycles. The van der Waals surface area contributed by atoms with Crippen LogP contribution in [0, 0.1) is 0 Å². The number of rotatable bonds is 9. The van der Waals surface area contributed by atoms with Crippen LogP contribution in [0.25, 0.3) is 0 Å². The second-order valence-corrected chi connectivity index (χ2v) is 4.95. The van der Waals surface area contributed by atoms with Gasteiger partial charge in [0.1, 0.15) is 0 Å². The van der Waals surface area contributed by atoms with Gasteiger partial charge in [0.25, 0.3) is 0 Å². The first-order valence-electron chi connectivity index (χ1n) is 7.19. The molecule has 0 bridgehead atoms. The van der Waals surface area contributed by atoms with Crippen LogP contribution in [0.1, 0.15) is 49.4 Å². The normalized spacial score (nSPS) is 10.3. The van der Waals surface area contributed by atoms with E-state index < -0.39 is 0 Å². The Morgan fingerprint density at radius 3 is 2.25 bits per heavy atom. The molecule has 110 valence electrons. The van der Waals surface area contributed by atoms with Crippen LogP contribution in [0.2, 0.25) is 0 Å². The molecular formula is C16H24N2O2. The Balaban J connectivity index is 2.23. The second-order valence-electron chi connectivity index (χ2n) is 4.95. The largest absolute Gasteiger partial charge is 0.326 e. The third kappa shape index (κ3) is 6.48. The minimum Gasteiger partial charge on any atom is -0.326 e. The second kappa shape index (κ2) is 9.26. The van der Waals surface area contributed by atoms with Gasteiger partial charge in [-0.25, -0.2) is 0 Å². The molecule has 0 aliphatic heterocycles. The highest BCUT2D eigenvalue weighted by atomic mass is 16.1. The van der Waals surface area contributed by atoms with E-state index in [2.05, 4.69) is 10.6 Å². The third-order valence-electron chi connectivity index (χ3n) is 3.16. The number of carbonyl (C=O) groups is 2. The molecule has 0 saturated heterocycles. The van der Waals surface area contributed by atoms with E-state index in [1.165, 1.54) is 6.92 Å². The van der Waals surface area contributed by atoms with Crippen LogP contribution < -0.4 is 10.6 Å². The summed E-state index contributed by atoms with van der Waals surface area (Å²) in [5.74, 6) is 0.0682. The van der Waals surface area contributed by atoms with Gasteiger partial charge in [-0.1, -0.05) is 12.8 Å². The summed E-state index contributed by atoms with van der Waals surface area (Å²) < 4.78 is 0. The molecule has 2 N–H and O–H groups in total. The number of carbonyl (C=O) groups excluding carboxylic acids is 2. The van der Waals surface area contributed by atoms with Crippen molar-refractivity contribution in [3.05, 3.63) is 29.8 Å². The molecule has 1 rings (SSSR count). The molecule has 4 heteroatoms. The van der Waals surface area contributed by atoms with Crippen LogP contribution in [-0.4, -0.2) is 25.3 Å². The average Bonchev–Trinajstić information content (AvgIpc) is 2.43. The molecule has 0 aliphatic rings. The topological polar surface area (TPSA) is 58.2 Å². The quantitative estimate of drug-likeness (QED) is 0.538. The first-order valence-corrected chi connectivity index (χ1v) is 7.19. The molecule has 1 aromatic carbocycles. The Morgan fingerprint density at radius 1 is 1.00 bits per heavy atom. The fraction of sp³-hybridized carbons (Fsp3) is 0.500. The highest BCUT2D eigenvalue weighted by Crippen LogP contribution is 2.11. The van der Waals surface area contributed by atoms with Crippen LogP contribution in [0.15, 0.2) is 24.3 Å². The summed E-state index contributed by atoms with van der Waals surface area (Å²) in [6.45, 7) is 2.57. The summed E-state index contributed by atoms with van der Waals surface area (Å²) in [6.07, 6.45) is 4.86. The van der Waals surface area contributed by atoms with Crippen LogP contribution in [0.4, 0.5) is 5.69 Å². The molecule has 0 fully saturated rings. The average molecular weight is 276 g/mol. The van der Waals surface area contributed by atoms with Crippen molar-refractivity contribution in [3.63, 3.8) is 0 Å². The van der Waals surface area contributed by atoms with Gasteiger partial charge in [-0.05, 0) is 57.6 Å². The van der Waals surface area contributed by atoms with Crippen molar-refractivity contribution in [2.24, 2.45) is 0 Å². The number of ketones is 1. The summed E-state index contributed by atoms with van der Waals surface area (Å²) in [5, 5.41) is 5.96. The summed E-state index contributed by atoms with van der Waals surface area (Å²) in [5.41, 5.74) is 1.41. The molecule has 0 atom stereocenters. The Labute approximate surface area is 121 Å². The van der Waals surface area contributed by atoms with Gasteiger partial charge >= 0.3 is 0 Å². The summed E-state index contributed by atoms with van der Waals surface area (Å²) >= 11 is 0. The van der Waals surface area contributed by atoms with Gasteiger partial charge in [-0.15, -0.1) is 0 Å². The van der Waals surface area contributed by atoms with Crippen molar-refractivity contribution in [2.45, 2.75) is 39.0 Å². The van der Waals surface area contributed by atoms with Gasteiger partial charge in [0, 0.05) is 17.7 Å². The molecule has 20 heavy (non-hydrogen) atoms. The van der Waals surface area contributed by atoms with E-state index in [0.29, 0.717) is 12.0 Å². The Hall–Kier alpha value is -1.68. The molecule has 0 spiro atoms. The summed E-state index contributed by atoms with van der Waals surface area (Å²) in [6, 6.07) is 6.99. The number of Topliss-reactive ketones (excluding diaryl/α,β-unsaturated/α-hetero) is 1. The maximum Gasteiger partial charge on any atom is 0.224 e. The van der Waals surface area contributed by atoms with E-state index in [4.69, 9.17) is 0 Å². The number of benzene rings is 1. The van der Waals surface area contributed by atoms with Crippen LogP contribution in [0.3, 0.4) is 0 Å². The number of unbranched alkanes of at least 4 members (excludes halogenated alkanes) is 3. The smallest absolute Gasteiger partial charge is 0.224 e. The van der Waals surface area contributed by atoms with E-state index in [1.54, 1.807) is 24.3 Å². The lowest BCUT2D eigenvalue weighted by molar-refractivity contribution is -0.116. The molecule has 0 radical (unpaired) electrons. The van der Waals surface area contributed by atoms with Crippen molar-refractivity contribution in [1.82, 2.24) is 5.32 Å². The number of anilines is 1. The van der Waals surface area contributed by atoms with Gasteiger partial charge in [0.15, 0.2) is 5.78 Å². The first-order chi connectivity index (χ1) is 9.63. The number of nitrogens with one attached hydrogen (secondary N) is 2. The molecule has 0 unspecified atom stereocenters. The van der Waals surface area contributed by atoms with Gasteiger partial charge < -0.3 is 10.6 Å². The van der Waals surface area contributed by atoms with Gasteiger partial charge in [0.2, 0.25) is 5.91 Å². The van der Waals surface area contributed by atoms with E-state index in [-0.39, 0.29) is 11.7 Å². The zero-order valence-corrected chi connectivity index (χ0v) is 12.4. The van der Waals surface area contributed by atoms with E-state index in [9.17, 15) is 9.59 Å². The number of amides is 1. The first kappa shape index (κ1) is 16.4. The van der Waals surface area contributed by atoms with Crippen molar-refractivity contribution in [3.8, 4) is 0 Å². The molecule has 0 aromatic heterocycles. The zero-order chi connectivity index (χ0) is 14.8. The lowest BCUT2D eigenvalue weighted by Crippen LogP contribution is -2.11. The van der Waals surface area contributed by atoms with E-state index >= 15 is 0 Å². The highest BCUT2D eigenvalue weighted by molar-refractivity contribution is 5.95. The Morgan fingerprint density at radius 2 is 1.65 bits per heavy atom. The fourth-order valence-electron chi connectivity index (χ4n) is 1.95. The lowest BCUT2D eigenvalue weighted by Gasteiger charge is -2.06. The molecule has 0 aliphatic carbocycles. The van der Waals surface area contributed by atoms with Crippen molar-refractivity contribution < 1.29 is 9.59 Å². The van der Waals surface area contributed by atoms with E-state index in [1.807, 2.05) is 7.05 Å². The SMILES string of the molecule is CNCCCCCCC(=O)Nc1ccc(C(C)=O)cc1. The molecule has 1 aromatic rings. The monoisotopic (exact) mass is 276 g/mol. The maximum absolute atomic E-state index is 11.7. The fourth-order valence-corrected chi connectivity index (χ4v) is 1.95. The van der Waals surface area contributed by atoms with Crippen LogP contribution >= 0.6 is 0 Å². The number of hydrogen-bond donors (Lipinski definition) is 2. The number of hydrogen-bond acceptors (Lipinski definition) is 3. The minimum absolute atomic E-state index is 0.0319. The van der Waals surface area contributed by atoms with Gasteiger partial charge in [-0.3, -0.25) is 9.59 Å². The van der Waals surface area contributed by atoms with Crippen molar-refractivity contribution >= 4 is 17.4 Å². The Kier molecular flexibility index (Phi) is 7.58. The summed E-state index contributed by atoms with van der Waals surface area (Å²) in [7, 11) is 1.95. The minimum atomic E-state index is 0.0319. The maximum atomic E-state index is 11.7. The van der Waals surface area contributed by atoms with Gasteiger partial charge in [0.05, 0.1) is 0 Å². The lowest BCUT2D eigenvalue weighted by atomic mass is 10.1. The molecule has 1 amide bonds. The molecule has 0 heterocycles. The van der Waals surface area contributed by atoms with Crippen LogP contribution in [0.5, 0.6) is 0 Å². The molecule has 4 nitrogen and oxygen atoms in total. The molecular weight excluding hydrogens is 252 g/mol. The van der Waals surface area contributed by atoms with Crippen LogP contribution in [-0.2, 0) is 4.79 Å². The van der Waals surface area contributed by atoms with E-state index in [0.717, 1.165) is 37.9 Å². The van der Waals surface area contributed by atoms with Gasteiger partial charge in [-0.2, -0.15) is 0 Å².